The van der Waals surface area contributed by atoms with Crippen LogP contribution in [0.4, 0.5) is 4.79 Å². The molecule has 3 unspecified atom stereocenters. The van der Waals surface area contributed by atoms with Crippen molar-refractivity contribution in [2.75, 3.05) is 6.54 Å². The van der Waals surface area contributed by atoms with Crippen molar-refractivity contribution >= 4 is 23.9 Å². The summed E-state index contributed by atoms with van der Waals surface area (Å²) in [4.78, 5) is 57.3. The minimum Gasteiger partial charge on any atom is -0.458 e. The predicted octanol–water partition coefficient (Wildman–Crippen LogP) is 6.56. The Morgan fingerprint density at radius 3 is 1.78 bits per heavy atom. The van der Waals surface area contributed by atoms with E-state index in [0.29, 0.717) is 5.56 Å². The minimum absolute atomic E-state index is 0.0265. The van der Waals surface area contributed by atoms with E-state index >= 15 is 0 Å². The first-order valence-electron chi connectivity index (χ1n) is 16.6. The number of amides is 3. The molecule has 0 aliphatic carbocycles. The number of aryl methyl sites for hydroxylation is 2. The molecule has 0 aliphatic heterocycles. The Morgan fingerprint density at radius 1 is 0.755 bits per heavy atom. The molecule has 0 saturated heterocycles. The summed E-state index contributed by atoms with van der Waals surface area (Å²) in [6.07, 6.45) is 1.08. The third-order valence-electron chi connectivity index (χ3n) is 7.45. The van der Waals surface area contributed by atoms with Gasteiger partial charge in [0.15, 0.2) is 0 Å². The number of alkyl carbamates (subject to hydrolysis) is 1. The molecule has 0 fully saturated rings. The Kier molecular flexibility index (Phi) is 13.3. The van der Waals surface area contributed by atoms with E-state index in [9.17, 15) is 19.2 Å². The van der Waals surface area contributed by atoms with E-state index in [-0.39, 0.29) is 19.4 Å². The van der Waals surface area contributed by atoms with Crippen LogP contribution < -0.4 is 10.6 Å². The molecule has 49 heavy (non-hydrogen) atoms. The first-order chi connectivity index (χ1) is 23.0. The molecule has 2 N–H and O–H groups in total. The minimum atomic E-state index is -1.19. The largest absolute Gasteiger partial charge is 0.458 e. The maximum Gasteiger partial charge on any atom is 0.408 e. The van der Waals surface area contributed by atoms with Gasteiger partial charge in [-0.15, -0.1) is 6.58 Å². The van der Waals surface area contributed by atoms with Crippen LogP contribution in [0.25, 0.3) is 0 Å². The van der Waals surface area contributed by atoms with E-state index in [2.05, 4.69) is 17.2 Å². The first kappa shape index (κ1) is 38.5. The highest BCUT2D eigenvalue weighted by atomic mass is 16.6. The number of rotatable bonds is 13. The fourth-order valence-electron chi connectivity index (χ4n) is 5.41. The Hall–Kier alpha value is -4.92. The number of nitrogens with zero attached hydrogens (tertiary/aromatic N) is 1. The van der Waals surface area contributed by atoms with Crippen LogP contribution >= 0.6 is 0 Å². The third kappa shape index (κ3) is 12.2. The number of ether oxygens (including phenoxy) is 2. The maximum absolute atomic E-state index is 14.7. The molecule has 0 bridgehead atoms. The number of carbonyl (C=O) groups is 4. The molecule has 3 atom stereocenters. The summed E-state index contributed by atoms with van der Waals surface area (Å²) in [7, 11) is 0. The predicted molar refractivity (Wildman–Crippen MR) is 192 cm³/mol. The molecule has 0 heterocycles. The average molecular weight is 670 g/mol. The van der Waals surface area contributed by atoms with Gasteiger partial charge in [-0.3, -0.25) is 9.59 Å². The van der Waals surface area contributed by atoms with Gasteiger partial charge < -0.3 is 25.0 Å². The van der Waals surface area contributed by atoms with Gasteiger partial charge in [0.25, 0.3) is 0 Å². The van der Waals surface area contributed by atoms with E-state index in [4.69, 9.17) is 9.47 Å². The second kappa shape index (κ2) is 17.0. The second-order valence-corrected chi connectivity index (χ2v) is 14.2. The molecule has 3 aromatic rings. The smallest absolute Gasteiger partial charge is 0.408 e. The summed E-state index contributed by atoms with van der Waals surface area (Å²) in [5, 5.41) is 5.68. The van der Waals surface area contributed by atoms with Gasteiger partial charge in [-0.2, -0.15) is 0 Å². The molecule has 3 rings (SSSR count). The van der Waals surface area contributed by atoms with E-state index in [0.717, 1.165) is 22.3 Å². The van der Waals surface area contributed by atoms with Crippen molar-refractivity contribution < 1.29 is 28.7 Å². The van der Waals surface area contributed by atoms with Gasteiger partial charge in [-0.05, 0) is 77.6 Å². The summed E-state index contributed by atoms with van der Waals surface area (Å²) in [5.41, 5.74) is 2.34. The summed E-state index contributed by atoms with van der Waals surface area (Å²) >= 11 is 0. The molecule has 3 amide bonds. The highest BCUT2D eigenvalue weighted by Crippen LogP contribution is 2.28. The maximum atomic E-state index is 14.7. The van der Waals surface area contributed by atoms with Gasteiger partial charge in [0.1, 0.15) is 29.3 Å². The third-order valence-corrected chi connectivity index (χ3v) is 7.45. The zero-order valence-corrected chi connectivity index (χ0v) is 30.0. The van der Waals surface area contributed by atoms with Crippen LogP contribution in [-0.2, 0) is 36.7 Å². The van der Waals surface area contributed by atoms with Crippen LogP contribution in [0.1, 0.15) is 75.4 Å². The first-order valence-corrected chi connectivity index (χ1v) is 16.6. The number of carbonyl (C=O) groups excluding carboxylic acids is 4. The second-order valence-electron chi connectivity index (χ2n) is 14.2. The van der Waals surface area contributed by atoms with Crippen molar-refractivity contribution in [1.29, 1.82) is 0 Å². The number of hydrogen-bond donors (Lipinski definition) is 2. The molecule has 9 heteroatoms. The molecule has 0 aromatic heterocycles. The lowest BCUT2D eigenvalue weighted by Crippen LogP contribution is -2.55. The van der Waals surface area contributed by atoms with E-state index in [1.165, 1.54) is 11.0 Å². The number of hydrogen-bond acceptors (Lipinski definition) is 6. The Balaban J connectivity index is 2.11. The van der Waals surface area contributed by atoms with E-state index < -0.39 is 53.2 Å². The van der Waals surface area contributed by atoms with Gasteiger partial charge in [0, 0.05) is 19.4 Å². The van der Waals surface area contributed by atoms with Crippen LogP contribution in [0, 0.1) is 13.8 Å². The SMILES string of the molecule is C=CCN(C(=O)C(Cc1ccccc1)NC(=O)OC(C)(C)C)C(C(=O)NC(Cc1ccccc1)C(=O)OC(C)(C)C)c1ccc(C)cc1C. The summed E-state index contributed by atoms with van der Waals surface area (Å²) < 4.78 is 11.3. The Labute approximate surface area is 291 Å². The molecule has 0 spiro atoms. The Bertz CT molecular complexity index is 1590. The van der Waals surface area contributed by atoms with E-state index in [1.54, 1.807) is 41.5 Å². The van der Waals surface area contributed by atoms with Crippen LogP contribution in [0.15, 0.2) is 91.5 Å². The van der Waals surface area contributed by atoms with Gasteiger partial charge in [-0.1, -0.05) is 90.5 Å². The van der Waals surface area contributed by atoms with Crippen molar-refractivity contribution in [3.8, 4) is 0 Å². The lowest BCUT2D eigenvalue weighted by molar-refractivity contribution is -0.159. The normalized spacial score (nSPS) is 13.3. The molecular weight excluding hydrogens is 618 g/mol. The number of esters is 1. The molecule has 262 valence electrons. The van der Waals surface area contributed by atoms with Crippen molar-refractivity contribution in [2.24, 2.45) is 0 Å². The number of nitrogens with one attached hydrogen (secondary N) is 2. The molecule has 3 aromatic carbocycles. The van der Waals surface area contributed by atoms with Crippen molar-refractivity contribution in [3.63, 3.8) is 0 Å². The molecule has 0 radical (unpaired) electrons. The quantitative estimate of drug-likeness (QED) is 0.157. The zero-order valence-electron chi connectivity index (χ0n) is 30.0. The molecule has 0 aliphatic rings. The summed E-state index contributed by atoms with van der Waals surface area (Å²) in [6.45, 7) is 18.2. The van der Waals surface area contributed by atoms with Gasteiger partial charge >= 0.3 is 12.1 Å². The highest BCUT2D eigenvalue weighted by molar-refractivity contribution is 5.94. The molecule has 9 nitrogen and oxygen atoms in total. The summed E-state index contributed by atoms with van der Waals surface area (Å²) in [6, 6.07) is 20.9. The Morgan fingerprint density at radius 2 is 1.29 bits per heavy atom. The highest BCUT2D eigenvalue weighted by Gasteiger charge is 2.38. The average Bonchev–Trinajstić information content (AvgIpc) is 3.00. The van der Waals surface area contributed by atoms with Crippen LogP contribution in [0.5, 0.6) is 0 Å². The van der Waals surface area contributed by atoms with Gasteiger partial charge in [0.05, 0.1) is 0 Å². The van der Waals surface area contributed by atoms with Crippen molar-refractivity contribution in [3.05, 3.63) is 119 Å². The van der Waals surface area contributed by atoms with Crippen LogP contribution in [-0.4, -0.2) is 58.6 Å². The topological polar surface area (TPSA) is 114 Å². The van der Waals surface area contributed by atoms with Gasteiger partial charge in [-0.25, -0.2) is 9.59 Å². The standard InChI is InChI=1S/C40H51N3O6/c1-10-23-43(36(45)32(25-29-17-13-11-14-18-29)42-38(47)49-40(7,8)9)34(31-22-21-27(2)24-28(31)3)35(44)41-33(37(46)48-39(4,5)6)26-30-19-15-12-16-20-30/h10-22,24,32-34H,1,23,25-26H2,2-9H3,(H,41,44)(H,42,47). The van der Waals surface area contributed by atoms with E-state index in [1.807, 2.05) is 92.7 Å². The fraction of sp³-hybridized carbons (Fsp3) is 0.400. The van der Waals surface area contributed by atoms with Crippen LogP contribution in [0.3, 0.4) is 0 Å². The van der Waals surface area contributed by atoms with Crippen LogP contribution in [0.2, 0.25) is 0 Å². The lowest BCUT2D eigenvalue weighted by Gasteiger charge is -2.35. The van der Waals surface area contributed by atoms with Crippen molar-refractivity contribution in [1.82, 2.24) is 15.5 Å². The van der Waals surface area contributed by atoms with Crippen molar-refractivity contribution in [2.45, 2.75) is 97.6 Å². The number of benzene rings is 3. The fourth-order valence-corrected chi connectivity index (χ4v) is 5.41. The molecular formula is C40H51N3O6. The zero-order chi connectivity index (χ0) is 36.4. The summed E-state index contributed by atoms with van der Waals surface area (Å²) in [5.74, 6) is -1.70. The lowest BCUT2D eigenvalue weighted by atomic mass is 9.95. The van der Waals surface area contributed by atoms with Gasteiger partial charge in [0.2, 0.25) is 11.8 Å². The molecule has 0 saturated carbocycles. The monoisotopic (exact) mass is 669 g/mol.